The van der Waals surface area contributed by atoms with Crippen LogP contribution in [0.5, 0.6) is 11.6 Å². The molecular formula is C25H29FN2O3. The minimum atomic E-state index is -0.327. The molecule has 6 heteroatoms. The van der Waals surface area contributed by atoms with E-state index < -0.39 is 0 Å². The highest BCUT2D eigenvalue weighted by molar-refractivity contribution is 5.44. The molecule has 5 nitrogen and oxygen atoms in total. The van der Waals surface area contributed by atoms with Crippen LogP contribution >= 0.6 is 0 Å². The summed E-state index contributed by atoms with van der Waals surface area (Å²) in [6, 6.07) is 11.9. The molecule has 0 radical (unpaired) electrons. The lowest BCUT2D eigenvalue weighted by Gasteiger charge is -2.20. The van der Waals surface area contributed by atoms with Gasteiger partial charge in [0.1, 0.15) is 11.6 Å². The van der Waals surface area contributed by atoms with Gasteiger partial charge in [-0.2, -0.15) is 0 Å². The summed E-state index contributed by atoms with van der Waals surface area (Å²) < 4.78 is 26.2. The molecule has 0 amide bonds. The lowest BCUT2D eigenvalue weighted by Crippen LogP contribution is -2.22. The maximum absolute atomic E-state index is 13.0. The zero-order chi connectivity index (χ0) is 22.4. The fraction of sp³-hybridized carbons (Fsp3) is 0.360. The van der Waals surface area contributed by atoms with Crippen LogP contribution in [-0.2, 0) is 12.8 Å². The first kappa shape index (κ1) is 22.5. The molecule has 0 unspecified atom stereocenters. The molecule has 3 rings (SSSR count). The first-order valence-corrected chi connectivity index (χ1v) is 10.5. The van der Waals surface area contributed by atoms with Gasteiger partial charge in [0.25, 0.3) is 5.88 Å². The van der Waals surface area contributed by atoms with Gasteiger partial charge < -0.3 is 9.47 Å². The van der Waals surface area contributed by atoms with E-state index in [1.807, 2.05) is 18.2 Å². The number of aromatic nitrogens is 2. The second-order valence-electron chi connectivity index (χ2n) is 8.63. The summed E-state index contributed by atoms with van der Waals surface area (Å²) in [5.74, 6) is 0.591. The minimum Gasteiger partial charge on any atom is -0.493 e. The molecule has 0 aliphatic rings. The number of ether oxygens (including phenoxy) is 2. The average molecular weight is 425 g/mol. The van der Waals surface area contributed by atoms with Gasteiger partial charge in [0.2, 0.25) is 0 Å². The van der Waals surface area contributed by atoms with Crippen molar-refractivity contribution in [1.82, 2.24) is 9.55 Å². The van der Waals surface area contributed by atoms with E-state index in [-0.39, 0.29) is 29.3 Å². The van der Waals surface area contributed by atoms with E-state index in [1.165, 1.54) is 16.7 Å². The van der Waals surface area contributed by atoms with Crippen molar-refractivity contribution in [1.29, 1.82) is 0 Å². The van der Waals surface area contributed by atoms with Gasteiger partial charge in [-0.3, -0.25) is 9.36 Å². The van der Waals surface area contributed by atoms with Crippen molar-refractivity contribution < 1.29 is 13.9 Å². The molecule has 0 aliphatic heterocycles. The normalized spacial score (nSPS) is 11.4. The molecular weight excluding hydrogens is 395 g/mol. The summed E-state index contributed by atoms with van der Waals surface area (Å²) in [4.78, 5) is 17.0. The zero-order valence-electron chi connectivity index (χ0n) is 18.5. The van der Waals surface area contributed by atoms with E-state index >= 15 is 0 Å². The Morgan fingerprint density at radius 2 is 1.81 bits per heavy atom. The van der Waals surface area contributed by atoms with Crippen molar-refractivity contribution in [2.24, 2.45) is 5.41 Å². The third-order valence-electron chi connectivity index (χ3n) is 4.72. The fourth-order valence-electron chi connectivity index (χ4n) is 3.04. The second kappa shape index (κ2) is 9.77. The Kier molecular flexibility index (Phi) is 7.10. The molecule has 1 aromatic heterocycles. The Hall–Kier alpha value is -3.15. The zero-order valence-corrected chi connectivity index (χ0v) is 18.5. The van der Waals surface area contributed by atoms with Crippen LogP contribution in [0.3, 0.4) is 0 Å². The van der Waals surface area contributed by atoms with Crippen LogP contribution in [0.15, 0.2) is 59.7 Å². The third-order valence-corrected chi connectivity index (χ3v) is 4.72. The summed E-state index contributed by atoms with van der Waals surface area (Å²) in [6.07, 6.45) is 4.51. The molecule has 0 fully saturated rings. The SMILES string of the molecule is CCc1cc(-n2ccnc(OCCc3ccc(F)cc3)c2=O)ccc1OCC(C)(C)C. The highest BCUT2D eigenvalue weighted by Crippen LogP contribution is 2.25. The van der Waals surface area contributed by atoms with Gasteiger partial charge >= 0.3 is 5.56 Å². The molecule has 1 heterocycles. The first-order valence-electron chi connectivity index (χ1n) is 10.5. The molecule has 0 saturated carbocycles. The number of halogens is 1. The standard InChI is InChI=1S/C25H29FN2O3/c1-5-19-16-21(10-11-22(19)31-17-25(2,3)4)28-14-13-27-23(24(28)29)30-15-12-18-6-8-20(26)9-7-18/h6-11,13-14,16H,5,12,15,17H2,1-4H3. The Morgan fingerprint density at radius 3 is 2.48 bits per heavy atom. The summed E-state index contributed by atoms with van der Waals surface area (Å²) in [5.41, 5.74) is 2.43. The summed E-state index contributed by atoms with van der Waals surface area (Å²) in [7, 11) is 0. The predicted molar refractivity (Wildman–Crippen MR) is 120 cm³/mol. The van der Waals surface area contributed by atoms with E-state index in [9.17, 15) is 9.18 Å². The van der Waals surface area contributed by atoms with Crippen molar-refractivity contribution >= 4 is 0 Å². The van der Waals surface area contributed by atoms with Gasteiger partial charge in [0.05, 0.1) is 13.2 Å². The highest BCUT2D eigenvalue weighted by Gasteiger charge is 2.14. The average Bonchev–Trinajstić information content (AvgIpc) is 2.74. The van der Waals surface area contributed by atoms with Crippen LogP contribution in [-0.4, -0.2) is 22.8 Å². The topological polar surface area (TPSA) is 53.4 Å². The first-order chi connectivity index (χ1) is 14.8. The molecule has 0 saturated heterocycles. The molecule has 0 bridgehead atoms. The van der Waals surface area contributed by atoms with Gasteiger partial charge in [-0.15, -0.1) is 0 Å². The maximum Gasteiger partial charge on any atom is 0.317 e. The number of benzene rings is 2. The van der Waals surface area contributed by atoms with Crippen LogP contribution in [0.1, 0.15) is 38.8 Å². The van der Waals surface area contributed by atoms with Crippen molar-refractivity contribution in [3.05, 3.63) is 82.2 Å². The molecule has 2 aromatic carbocycles. The van der Waals surface area contributed by atoms with E-state index in [1.54, 1.807) is 24.5 Å². The number of nitrogens with zero attached hydrogens (tertiary/aromatic N) is 2. The molecule has 0 aliphatic carbocycles. The van der Waals surface area contributed by atoms with Crippen LogP contribution in [0.4, 0.5) is 4.39 Å². The number of hydrogen-bond donors (Lipinski definition) is 0. The van der Waals surface area contributed by atoms with Gasteiger partial charge in [-0.05, 0) is 53.3 Å². The van der Waals surface area contributed by atoms with Crippen molar-refractivity contribution in [3.8, 4) is 17.3 Å². The quantitative estimate of drug-likeness (QED) is 0.512. The Balaban J connectivity index is 1.75. The number of aryl methyl sites for hydroxylation is 1. The van der Waals surface area contributed by atoms with Crippen LogP contribution < -0.4 is 15.0 Å². The maximum atomic E-state index is 13.0. The van der Waals surface area contributed by atoms with Crippen molar-refractivity contribution in [2.45, 2.75) is 40.5 Å². The lowest BCUT2D eigenvalue weighted by atomic mass is 9.98. The van der Waals surface area contributed by atoms with Gasteiger partial charge in [-0.25, -0.2) is 9.37 Å². The van der Waals surface area contributed by atoms with Crippen molar-refractivity contribution in [3.63, 3.8) is 0 Å². The van der Waals surface area contributed by atoms with E-state index in [2.05, 4.69) is 32.7 Å². The Morgan fingerprint density at radius 1 is 1.06 bits per heavy atom. The molecule has 164 valence electrons. The van der Waals surface area contributed by atoms with Crippen LogP contribution in [0.2, 0.25) is 0 Å². The third kappa shape index (κ3) is 6.17. The molecule has 31 heavy (non-hydrogen) atoms. The number of rotatable bonds is 8. The lowest BCUT2D eigenvalue weighted by molar-refractivity contribution is 0.196. The highest BCUT2D eigenvalue weighted by atomic mass is 19.1. The molecule has 0 spiro atoms. The monoisotopic (exact) mass is 424 g/mol. The Bertz CT molecular complexity index is 1070. The smallest absolute Gasteiger partial charge is 0.317 e. The molecule has 0 N–H and O–H groups in total. The van der Waals surface area contributed by atoms with E-state index in [0.29, 0.717) is 13.0 Å². The molecule has 3 aromatic rings. The number of hydrogen-bond acceptors (Lipinski definition) is 4. The summed E-state index contributed by atoms with van der Waals surface area (Å²) in [6.45, 7) is 9.32. The predicted octanol–water partition coefficient (Wildman–Crippen LogP) is 4.98. The summed E-state index contributed by atoms with van der Waals surface area (Å²) in [5, 5.41) is 0. The van der Waals surface area contributed by atoms with Gasteiger partial charge in [-0.1, -0.05) is 39.8 Å². The second-order valence-corrected chi connectivity index (χ2v) is 8.63. The summed E-state index contributed by atoms with van der Waals surface area (Å²) >= 11 is 0. The van der Waals surface area contributed by atoms with Crippen LogP contribution in [0, 0.1) is 11.2 Å². The van der Waals surface area contributed by atoms with E-state index in [4.69, 9.17) is 9.47 Å². The van der Waals surface area contributed by atoms with Crippen molar-refractivity contribution in [2.75, 3.05) is 13.2 Å². The van der Waals surface area contributed by atoms with Crippen LogP contribution in [0.25, 0.3) is 5.69 Å². The largest absolute Gasteiger partial charge is 0.493 e. The molecule has 0 atom stereocenters. The van der Waals surface area contributed by atoms with Gasteiger partial charge in [0, 0.05) is 24.5 Å². The Labute approximate surface area is 182 Å². The van der Waals surface area contributed by atoms with Gasteiger partial charge in [0.15, 0.2) is 0 Å². The van der Waals surface area contributed by atoms with E-state index in [0.717, 1.165) is 29.0 Å². The minimum absolute atomic E-state index is 0.0377. The fourth-order valence-corrected chi connectivity index (χ4v) is 3.04.